The monoisotopic (exact) mass is 262 g/mol. The molecule has 20 heavy (non-hydrogen) atoms. The molecule has 0 aliphatic heterocycles. The predicted molar refractivity (Wildman–Crippen MR) is 78.9 cm³/mol. The third-order valence-electron chi connectivity index (χ3n) is 2.37. The molecular formula is C18H14O2. The van der Waals surface area contributed by atoms with Gasteiger partial charge in [-0.15, -0.1) is 6.42 Å². The minimum atomic E-state index is -0.950. The highest BCUT2D eigenvalue weighted by atomic mass is 16.6. The lowest BCUT2D eigenvalue weighted by Gasteiger charge is -2.26. The molecule has 0 aliphatic rings. The fourth-order valence-corrected chi connectivity index (χ4v) is 0.700. The summed E-state index contributed by atoms with van der Waals surface area (Å²) in [7, 11) is 0. The maximum absolute atomic E-state index is 9.67. The number of rotatable bonds is 3. The van der Waals surface area contributed by atoms with Gasteiger partial charge in [-0.05, 0) is 36.0 Å². The van der Waals surface area contributed by atoms with Crippen LogP contribution < -0.4 is 0 Å². The fraction of sp³-hybridized carbons (Fsp3) is 0.333. The number of hydrogen-bond acceptors (Lipinski definition) is 2. The van der Waals surface area contributed by atoms with E-state index < -0.39 is 6.29 Å². The Morgan fingerprint density at radius 1 is 0.950 bits per heavy atom. The molecule has 0 saturated heterocycles. The first-order valence-electron chi connectivity index (χ1n) is 5.84. The van der Waals surface area contributed by atoms with Crippen molar-refractivity contribution in [3.63, 3.8) is 0 Å². The second-order valence-electron chi connectivity index (χ2n) is 4.18. The molecule has 0 rings (SSSR count). The highest BCUT2D eigenvalue weighted by molar-refractivity contribution is 5.43. The summed E-state index contributed by atoms with van der Waals surface area (Å²) in [5.41, 5.74) is -0.350. The van der Waals surface area contributed by atoms with Crippen LogP contribution in [-0.4, -0.2) is 11.4 Å². The van der Waals surface area contributed by atoms with E-state index in [0.717, 1.165) is 6.42 Å². The molecule has 0 spiro atoms. The van der Waals surface area contributed by atoms with Gasteiger partial charge in [0, 0.05) is 35.0 Å². The Balaban J connectivity index is 4.31. The molecule has 0 heterocycles. The second kappa shape index (κ2) is 10.1. The summed E-state index contributed by atoms with van der Waals surface area (Å²) < 4.78 is 4.95. The molecule has 1 atom stereocenters. The van der Waals surface area contributed by atoms with Crippen LogP contribution in [0.2, 0.25) is 0 Å². The van der Waals surface area contributed by atoms with E-state index in [4.69, 9.17) is 11.2 Å². The highest BCUT2D eigenvalue weighted by Gasteiger charge is 2.26. The first-order chi connectivity index (χ1) is 9.54. The van der Waals surface area contributed by atoms with Crippen molar-refractivity contribution >= 4 is 0 Å². The Morgan fingerprint density at radius 3 is 1.85 bits per heavy atom. The van der Waals surface area contributed by atoms with Gasteiger partial charge in [-0.2, -0.15) is 0 Å². The normalized spacial score (nSPS) is 8.95. The van der Waals surface area contributed by atoms with E-state index in [0.29, 0.717) is 0 Å². The van der Waals surface area contributed by atoms with Crippen LogP contribution in [0.3, 0.4) is 0 Å². The van der Waals surface area contributed by atoms with Crippen molar-refractivity contribution in [1.82, 2.24) is 0 Å². The number of aliphatic hydroxyl groups excluding tert-OH is 1. The molecule has 0 fully saturated rings. The first-order valence-corrected chi connectivity index (χ1v) is 5.84. The molecule has 0 saturated carbocycles. The molecular weight excluding hydrogens is 248 g/mol. The summed E-state index contributed by atoms with van der Waals surface area (Å²) in [6.45, 7) is 5.74. The van der Waals surface area contributed by atoms with E-state index >= 15 is 0 Å². The molecule has 0 bridgehead atoms. The van der Waals surface area contributed by atoms with Crippen molar-refractivity contribution in [2.45, 2.75) is 33.5 Å². The summed E-state index contributed by atoms with van der Waals surface area (Å²) >= 11 is 0. The standard InChI is InChI=1S/C18H14O2/c1-5-7-8-9-10-11-12-13-14-15-16-20-17(19)18(3,4)6-2/h1,17,19H,6H2,2-4H3. The zero-order valence-electron chi connectivity index (χ0n) is 11.7. The fourth-order valence-electron chi connectivity index (χ4n) is 0.700. The maximum Gasteiger partial charge on any atom is 0.212 e. The smallest absolute Gasteiger partial charge is 0.212 e. The zero-order chi connectivity index (χ0) is 15.3. The van der Waals surface area contributed by atoms with Crippen LogP contribution in [0.1, 0.15) is 27.2 Å². The van der Waals surface area contributed by atoms with Gasteiger partial charge >= 0.3 is 0 Å². The average Bonchev–Trinajstić information content (AvgIpc) is 2.44. The highest BCUT2D eigenvalue weighted by Crippen LogP contribution is 2.24. The lowest BCUT2D eigenvalue weighted by molar-refractivity contribution is -0.120. The molecule has 0 aromatic carbocycles. The van der Waals surface area contributed by atoms with Crippen molar-refractivity contribution < 1.29 is 9.84 Å². The van der Waals surface area contributed by atoms with Crippen molar-refractivity contribution in [2.24, 2.45) is 5.41 Å². The van der Waals surface area contributed by atoms with Crippen LogP contribution in [-0.2, 0) is 4.74 Å². The molecule has 1 unspecified atom stereocenters. The van der Waals surface area contributed by atoms with Gasteiger partial charge in [-0.3, -0.25) is 0 Å². The Kier molecular flexibility index (Phi) is 8.63. The Hall–Kier alpha value is -2.88. The Morgan fingerprint density at radius 2 is 1.40 bits per heavy atom. The summed E-state index contributed by atoms with van der Waals surface area (Å²) in [6.07, 6.45) is 7.04. The summed E-state index contributed by atoms with van der Waals surface area (Å²) in [6, 6.07) is 0. The second-order valence-corrected chi connectivity index (χ2v) is 4.18. The van der Waals surface area contributed by atoms with Gasteiger partial charge in [0.1, 0.15) is 6.11 Å². The van der Waals surface area contributed by atoms with Gasteiger partial charge in [-0.25, -0.2) is 0 Å². The van der Waals surface area contributed by atoms with E-state index in [-0.39, 0.29) is 5.41 Å². The molecule has 0 radical (unpaired) electrons. The topological polar surface area (TPSA) is 29.5 Å². The van der Waals surface area contributed by atoms with Gasteiger partial charge in [-0.1, -0.05) is 20.8 Å². The van der Waals surface area contributed by atoms with Crippen LogP contribution in [0.4, 0.5) is 0 Å². The van der Waals surface area contributed by atoms with E-state index in [1.54, 1.807) is 0 Å². The SMILES string of the molecule is C#CC#CC#CC#CC#CC#COC(O)C(C)(C)CC. The molecule has 1 N–H and O–H groups in total. The molecule has 0 aliphatic carbocycles. The largest absolute Gasteiger partial charge is 0.413 e. The van der Waals surface area contributed by atoms with Gasteiger partial charge in [0.2, 0.25) is 6.29 Å². The van der Waals surface area contributed by atoms with Crippen LogP contribution in [0.15, 0.2) is 0 Å². The Labute approximate surface area is 121 Å². The molecule has 0 aromatic heterocycles. The van der Waals surface area contributed by atoms with Crippen LogP contribution in [0, 0.1) is 77.1 Å². The van der Waals surface area contributed by atoms with Crippen molar-refractivity contribution in [2.75, 3.05) is 0 Å². The van der Waals surface area contributed by atoms with Crippen molar-refractivity contribution in [3.8, 4) is 71.7 Å². The first kappa shape index (κ1) is 17.1. The Bertz CT molecular complexity index is 663. The van der Waals surface area contributed by atoms with E-state index in [2.05, 4.69) is 65.3 Å². The summed E-state index contributed by atoms with van der Waals surface area (Å²) in [5.74, 6) is 24.0. The molecule has 2 nitrogen and oxygen atoms in total. The maximum atomic E-state index is 9.67. The van der Waals surface area contributed by atoms with E-state index in [1.807, 2.05) is 20.8 Å². The van der Waals surface area contributed by atoms with E-state index in [1.165, 1.54) is 0 Å². The minimum absolute atomic E-state index is 0.350. The number of aliphatic hydroxyl groups is 1. The van der Waals surface area contributed by atoms with Gasteiger partial charge < -0.3 is 9.84 Å². The van der Waals surface area contributed by atoms with Crippen LogP contribution in [0.25, 0.3) is 0 Å². The number of ether oxygens (including phenoxy) is 1. The quantitative estimate of drug-likeness (QED) is 0.615. The molecule has 0 aromatic rings. The van der Waals surface area contributed by atoms with Crippen molar-refractivity contribution in [3.05, 3.63) is 0 Å². The van der Waals surface area contributed by atoms with Crippen molar-refractivity contribution in [1.29, 1.82) is 0 Å². The molecule has 2 heteroatoms. The lowest BCUT2D eigenvalue weighted by Crippen LogP contribution is -2.29. The van der Waals surface area contributed by atoms with Crippen LogP contribution in [0.5, 0.6) is 0 Å². The average molecular weight is 262 g/mol. The molecule has 98 valence electrons. The number of terminal acetylenes is 1. The van der Waals surface area contributed by atoms with Gasteiger partial charge in [0.05, 0.1) is 0 Å². The van der Waals surface area contributed by atoms with E-state index in [9.17, 15) is 5.11 Å². The third-order valence-corrected chi connectivity index (χ3v) is 2.37. The molecule has 0 amide bonds. The van der Waals surface area contributed by atoms with Crippen LogP contribution >= 0.6 is 0 Å². The summed E-state index contributed by atoms with van der Waals surface area (Å²) in [5, 5.41) is 9.67. The minimum Gasteiger partial charge on any atom is -0.413 e. The number of hydrogen-bond donors (Lipinski definition) is 1. The van der Waals surface area contributed by atoms with Gasteiger partial charge in [0.15, 0.2) is 0 Å². The predicted octanol–water partition coefficient (Wildman–Crippen LogP) is 1.37. The lowest BCUT2D eigenvalue weighted by atomic mass is 9.90. The zero-order valence-corrected chi connectivity index (χ0v) is 11.7. The third kappa shape index (κ3) is 8.25. The van der Waals surface area contributed by atoms with Gasteiger partial charge in [0.25, 0.3) is 0 Å². The summed E-state index contributed by atoms with van der Waals surface area (Å²) in [4.78, 5) is 0.